The number of unbranched alkanes of at least 4 members (excludes halogenated alkanes) is 13. The number of aliphatic carboxylic acids is 2. The van der Waals surface area contributed by atoms with E-state index in [1.54, 1.807) is 0 Å². The summed E-state index contributed by atoms with van der Waals surface area (Å²) < 4.78 is 33.7. The van der Waals surface area contributed by atoms with Crippen LogP contribution in [0.1, 0.15) is 103 Å². The molecular weight excluding hydrogens is 542 g/mol. The average molecular weight is 583 g/mol. The second-order valence-electron chi connectivity index (χ2n) is 7.61. The minimum Gasteiger partial charge on any atom is -0.550 e. The van der Waals surface area contributed by atoms with Gasteiger partial charge in [-0.2, -0.15) is 8.42 Å². The Morgan fingerprint density at radius 1 is 0.794 bits per heavy atom. The Morgan fingerprint density at radius 3 is 1.38 bits per heavy atom. The zero-order valence-corrected chi connectivity index (χ0v) is 32.2. The first-order valence-corrected chi connectivity index (χ1v) is 12.9. The molecule has 34 heavy (non-hydrogen) atoms. The zero-order chi connectivity index (χ0) is 24.0. The van der Waals surface area contributed by atoms with E-state index in [2.05, 4.69) is 13.8 Å². The van der Waals surface area contributed by atoms with Gasteiger partial charge >= 0.3 is 154 Å². The van der Waals surface area contributed by atoms with Gasteiger partial charge in [0.1, 0.15) is 5.25 Å². The number of ether oxygens (including phenoxy) is 1. The van der Waals surface area contributed by atoms with Gasteiger partial charge in [-0.1, -0.05) is 97.0 Å². The molecule has 0 aromatic heterocycles. The third-order valence-electron chi connectivity index (χ3n) is 4.76. The van der Waals surface area contributed by atoms with E-state index in [1.807, 2.05) is 0 Å². The van der Waals surface area contributed by atoms with E-state index in [9.17, 15) is 28.2 Å². The van der Waals surface area contributed by atoms with Crippen molar-refractivity contribution in [3.8, 4) is 0 Å². The molecule has 0 saturated carbocycles. The van der Waals surface area contributed by atoms with Crippen molar-refractivity contribution in [3.05, 3.63) is 6.92 Å². The first-order chi connectivity index (χ1) is 14.7. The molecular formula is C22H41K3O8S. The molecule has 0 aliphatic carbocycles. The minimum absolute atomic E-state index is 0. The van der Waals surface area contributed by atoms with Gasteiger partial charge in [-0.15, -0.1) is 0 Å². The molecule has 0 heterocycles. The van der Waals surface area contributed by atoms with E-state index in [4.69, 9.17) is 9.29 Å². The van der Waals surface area contributed by atoms with Crippen molar-refractivity contribution < 1.29 is 192 Å². The smallest absolute Gasteiger partial charge is 0.550 e. The van der Waals surface area contributed by atoms with Crippen molar-refractivity contribution in [3.63, 3.8) is 0 Å². The normalized spacial score (nSPS) is 11.0. The summed E-state index contributed by atoms with van der Waals surface area (Å²) in [6.45, 7) is 7.48. The van der Waals surface area contributed by atoms with E-state index < -0.39 is 33.7 Å². The largest absolute Gasteiger partial charge is 1.00 e. The van der Waals surface area contributed by atoms with Crippen molar-refractivity contribution in [2.75, 3.05) is 13.2 Å². The summed E-state index contributed by atoms with van der Waals surface area (Å²) in [6.07, 6.45) is 18.5. The number of carboxylic acids is 2. The minimum atomic E-state index is -4.94. The molecule has 186 valence electrons. The molecule has 0 radical (unpaired) electrons. The Bertz CT molecular complexity index is 532. The molecule has 0 aromatic rings. The van der Waals surface area contributed by atoms with Gasteiger partial charge in [0.25, 0.3) is 10.1 Å². The molecule has 0 saturated heterocycles. The molecule has 1 atom stereocenters. The van der Waals surface area contributed by atoms with Gasteiger partial charge in [0.2, 0.25) is 0 Å². The third-order valence-corrected chi connectivity index (χ3v) is 5.84. The fourth-order valence-electron chi connectivity index (χ4n) is 2.96. The monoisotopic (exact) mass is 582 g/mol. The van der Waals surface area contributed by atoms with E-state index in [0.717, 1.165) is 6.61 Å². The fourth-order valence-corrected chi connectivity index (χ4v) is 3.55. The Hall–Kier alpha value is 3.72. The molecule has 0 aliphatic rings. The standard InChI is InChI=1S/C18H37O.C4H6O7S.3K/c1-3-5-6-7-8-9-10-11-12-13-14-15-16-17-18-19-4-2;5-3(6)1-2(4(7)8)12(9,10)11;;;/h2-18H2,1H3;2H,1H2,(H,5,6)(H,7,8)(H,9,10,11);;;/q-1;;3*+1/p-2. The van der Waals surface area contributed by atoms with Crippen molar-refractivity contribution in [2.24, 2.45) is 0 Å². The second-order valence-corrected chi connectivity index (χ2v) is 9.21. The topological polar surface area (TPSA) is 144 Å². The van der Waals surface area contributed by atoms with Crippen molar-refractivity contribution in [1.29, 1.82) is 0 Å². The van der Waals surface area contributed by atoms with Crippen LogP contribution in [-0.4, -0.2) is 43.4 Å². The molecule has 0 spiro atoms. The summed E-state index contributed by atoms with van der Waals surface area (Å²) in [4.78, 5) is 19.7. The third kappa shape index (κ3) is 37.9. The van der Waals surface area contributed by atoms with Crippen LogP contribution in [0.2, 0.25) is 0 Å². The summed E-state index contributed by atoms with van der Waals surface area (Å²) in [7, 11) is -4.94. The first-order valence-electron chi connectivity index (χ1n) is 11.4. The average Bonchev–Trinajstić information content (AvgIpc) is 2.68. The summed E-state index contributed by atoms with van der Waals surface area (Å²) >= 11 is 0. The van der Waals surface area contributed by atoms with Crippen molar-refractivity contribution in [1.82, 2.24) is 0 Å². The molecule has 1 unspecified atom stereocenters. The van der Waals surface area contributed by atoms with Crippen LogP contribution in [0, 0.1) is 6.92 Å². The summed E-state index contributed by atoms with van der Waals surface area (Å²) in [5, 5.41) is 17.3. The van der Waals surface area contributed by atoms with E-state index >= 15 is 0 Å². The SMILES string of the molecule is O=C([O-])CC(C(=O)[O-])S(=O)(=O)O.[CH2-]COCCCCCCCCCCCCCCCC.[K+].[K+].[K+]. The van der Waals surface area contributed by atoms with E-state index in [-0.39, 0.29) is 154 Å². The second kappa shape index (κ2) is 34.7. The number of carboxylic acid groups (broad SMARTS) is 2. The van der Waals surface area contributed by atoms with Gasteiger partial charge in [0, 0.05) is 19.0 Å². The van der Waals surface area contributed by atoms with Crippen molar-refractivity contribution >= 4 is 22.1 Å². The number of hydrogen-bond donors (Lipinski definition) is 1. The predicted octanol–water partition coefficient (Wildman–Crippen LogP) is -6.54. The first kappa shape index (κ1) is 47.5. The molecule has 12 heteroatoms. The van der Waals surface area contributed by atoms with Gasteiger partial charge < -0.3 is 31.5 Å². The van der Waals surface area contributed by atoms with Gasteiger partial charge in [-0.3, -0.25) is 4.55 Å². The van der Waals surface area contributed by atoms with Crippen LogP contribution >= 0.6 is 0 Å². The van der Waals surface area contributed by atoms with E-state index in [1.165, 1.54) is 89.9 Å². The summed E-state index contributed by atoms with van der Waals surface area (Å²) in [6, 6.07) is 0. The van der Waals surface area contributed by atoms with Gasteiger partial charge in [-0.05, 0) is 6.42 Å². The number of hydrogen-bond acceptors (Lipinski definition) is 7. The number of carbonyl (C=O) groups is 2. The Balaban J connectivity index is -0.000000164. The maximum Gasteiger partial charge on any atom is 1.00 e. The zero-order valence-electron chi connectivity index (χ0n) is 22.0. The maximum atomic E-state index is 10.2. The van der Waals surface area contributed by atoms with Crippen molar-refractivity contribution in [2.45, 2.75) is 108 Å². The van der Waals surface area contributed by atoms with Gasteiger partial charge in [0.05, 0.1) is 5.97 Å². The van der Waals surface area contributed by atoms with Gasteiger partial charge in [0.15, 0.2) is 0 Å². The quantitative estimate of drug-likeness (QED) is 0.0646. The van der Waals surface area contributed by atoms with Gasteiger partial charge in [-0.25, -0.2) is 0 Å². The van der Waals surface area contributed by atoms with E-state index in [0.29, 0.717) is 6.61 Å². The Morgan fingerprint density at radius 2 is 1.15 bits per heavy atom. The van der Waals surface area contributed by atoms with Crippen LogP contribution in [0.15, 0.2) is 0 Å². The molecule has 0 rings (SSSR count). The van der Waals surface area contributed by atoms with Crippen LogP contribution in [0.25, 0.3) is 0 Å². The van der Waals surface area contributed by atoms with Crippen LogP contribution < -0.4 is 164 Å². The molecule has 0 bridgehead atoms. The van der Waals surface area contributed by atoms with Crippen LogP contribution in [-0.2, 0) is 24.4 Å². The molecule has 0 amide bonds. The Labute approximate surface area is 335 Å². The Kier molecular flexibility index (Phi) is 48.5. The molecule has 1 N–H and O–H groups in total. The maximum absolute atomic E-state index is 10.2. The number of carbonyl (C=O) groups excluding carboxylic acids is 2. The molecule has 0 fully saturated rings. The van der Waals surface area contributed by atoms with Crippen LogP contribution in [0.3, 0.4) is 0 Å². The fraction of sp³-hybridized carbons (Fsp3) is 0.864. The molecule has 8 nitrogen and oxygen atoms in total. The van der Waals surface area contributed by atoms with Crippen LogP contribution in [0.4, 0.5) is 0 Å². The molecule has 0 aromatic carbocycles. The summed E-state index contributed by atoms with van der Waals surface area (Å²) in [5.74, 6) is -4.08. The predicted molar refractivity (Wildman–Crippen MR) is 116 cm³/mol. The number of rotatable bonds is 20. The summed E-state index contributed by atoms with van der Waals surface area (Å²) in [5.41, 5.74) is 0. The van der Waals surface area contributed by atoms with Crippen LogP contribution in [0.5, 0.6) is 0 Å². The molecule has 0 aliphatic heterocycles.